The number of aliphatic hydroxyl groups excluding tert-OH is 1. The average Bonchev–Trinajstić information content (AvgIpc) is 2.99. The van der Waals surface area contributed by atoms with Gasteiger partial charge in [0.25, 0.3) is 0 Å². The van der Waals surface area contributed by atoms with Crippen LogP contribution in [0.1, 0.15) is 32.5 Å². The summed E-state index contributed by atoms with van der Waals surface area (Å²) in [5.41, 5.74) is 2.60. The number of hydrogen-bond acceptors (Lipinski definition) is 4. The monoisotopic (exact) mass is 257 g/mol. The highest BCUT2D eigenvalue weighted by Crippen LogP contribution is 2.35. The summed E-state index contributed by atoms with van der Waals surface area (Å²) in [6, 6.07) is 11.1. The van der Waals surface area contributed by atoms with Crippen LogP contribution < -0.4 is 0 Å². The van der Waals surface area contributed by atoms with Crippen LogP contribution in [0.3, 0.4) is 0 Å². The summed E-state index contributed by atoms with van der Waals surface area (Å²) in [6.45, 7) is 1.30. The minimum Gasteiger partial charge on any atom is -0.383 e. The molecule has 0 fully saturated rings. The van der Waals surface area contributed by atoms with Gasteiger partial charge in [0, 0.05) is 9.75 Å². The zero-order valence-electron chi connectivity index (χ0n) is 9.59. The lowest BCUT2D eigenvalue weighted by atomic mass is 10.1. The summed E-state index contributed by atoms with van der Waals surface area (Å²) in [5.74, 6) is 0. The van der Waals surface area contributed by atoms with E-state index in [-0.39, 0.29) is 0 Å². The van der Waals surface area contributed by atoms with Gasteiger partial charge in [0.1, 0.15) is 6.10 Å². The molecule has 1 aliphatic rings. The molecule has 3 nitrogen and oxygen atoms in total. The van der Waals surface area contributed by atoms with Crippen molar-refractivity contribution in [1.29, 1.82) is 5.26 Å². The van der Waals surface area contributed by atoms with Gasteiger partial charge in [-0.1, -0.05) is 12.1 Å². The summed E-state index contributed by atoms with van der Waals surface area (Å²) in [7, 11) is 0. The van der Waals surface area contributed by atoms with Gasteiger partial charge in [0.2, 0.25) is 0 Å². The number of nitriles is 1. The van der Waals surface area contributed by atoms with Gasteiger partial charge in [-0.3, -0.25) is 0 Å². The van der Waals surface area contributed by atoms with E-state index < -0.39 is 6.10 Å². The zero-order valence-corrected chi connectivity index (χ0v) is 10.4. The topological polar surface area (TPSA) is 53.2 Å². The van der Waals surface area contributed by atoms with Crippen molar-refractivity contribution in [1.82, 2.24) is 0 Å². The highest BCUT2D eigenvalue weighted by Gasteiger charge is 2.20. The molecule has 0 saturated heterocycles. The van der Waals surface area contributed by atoms with Gasteiger partial charge in [0.15, 0.2) is 0 Å². The predicted octanol–water partition coefficient (Wildman–Crippen LogP) is 2.73. The summed E-state index contributed by atoms with van der Waals surface area (Å²) >= 11 is 1.59. The molecule has 90 valence electrons. The van der Waals surface area contributed by atoms with Gasteiger partial charge in [-0.25, -0.2) is 0 Å². The SMILES string of the molecule is N#Cc1ccc(C(O)c2cc3c(s2)COC3)cc1. The molecular formula is C14H11NO2S. The molecule has 0 aliphatic carbocycles. The van der Waals surface area contributed by atoms with Crippen LogP contribution in [0.25, 0.3) is 0 Å². The lowest BCUT2D eigenvalue weighted by Gasteiger charge is -2.08. The number of hydrogen-bond donors (Lipinski definition) is 1. The second-order valence-corrected chi connectivity index (χ2v) is 5.39. The molecule has 4 heteroatoms. The van der Waals surface area contributed by atoms with Crippen LogP contribution in [0.4, 0.5) is 0 Å². The van der Waals surface area contributed by atoms with Crippen molar-refractivity contribution in [2.75, 3.05) is 0 Å². The summed E-state index contributed by atoms with van der Waals surface area (Å²) in [6.07, 6.45) is -0.617. The lowest BCUT2D eigenvalue weighted by Crippen LogP contribution is -1.97. The number of nitrogens with zero attached hydrogens (tertiary/aromatic N) is 1. The van der Waals surface area contributed by atoms with Gasteiger partial charge in [-0.2, -0.15) is 5.26 Å². The molecule has 1 aliphatic heterocycles. The number of rotatable bonds is 2. The van der Waals surface area contributed by atoms with Gasteiger partial charge < -0.3 is 9.84 Å². The highest BCUT2D eigenvalue weighted by atomic mass is 32.1. The third kappa shape index (κ3) is 1.93. The molecule has 0 spiro atoms. The van der Waals surface area contributed by atoms with Crippen LogP contribution in [0.2, 0.25) is 0 Å². The Kier molecular flexibility index (Phi) is 2.88. The molecule has 1 atom stereocenters. The van der Waals surface area contributed by atoms with Gasteiger partial charge in [-0.15, -0.1) is 11.3 Å². The van der Waals surface area contributed by atoms with Crippen molar-refractivity contribution in [3.05, 3.63) is 56.8 Å². The first-order valence-electron chi connectivity index (χ1n) is 5.65. The Hall–Kier alpha value is -1.67. The molecule has 0 amide bonds. The number of benzene rings is 1. The molecule has 2 aromatic rings. The quantitative estimate of drug-likeness (QED) is 0.900. The van der Waals surface area contributed by atoms with Crippen molar-refractivity contribution in [2.24, 2.45) is 0 Å². The molecule has 0 saturated carbocycles. The molecule has 18 heavy (non-hydrogen) atoms. The van der Waals surface area contributed by atoms with Crippen molar-refractivity contribution in [3.8, 4) is 6.07 Å². The fourth-order valence-electron chi connectivity index (χ4n) is 2.03. The Labute approximate surface area is 109 Å². The Bertz CT molecular complexity index is 588. The summed E-state index contributed by atoms with van der Waals surface area (Å²) in [5, 5.41) is 19.0. The number of ether oxygens (including phenoxy) is 1. The Morgan fingerprint density at radius 1 is 1.28 bits per heavy atom. The van der Waals surface area contributed by atoms with Gasteiger partial charge in [-0.05, 0) is 29.3 Å². The lowest BCUT2D eigenvalue weighted by molar-refractivity contribution is 0.135. The Morgan fingerprint density at radius 3 is 2.72 bits per heavy atom. The maximum Gasteiger partial charge on any atom is 0.113 e. The van der Waals surface area contributed by atoms with Crippen molar-refractivity contribution < 1.29 is 9.84 Å². The average molecular weight is 257 g/mol. The first-order valence-corrected chi connectivity index (χ1v) is 6.47. The molecule has 3 rings (SSSR count). The van der Waals surface area contributed by atoms with Crippen molar-refractivity contribution in [3.63, 3.8) is 0 Å². The number of thiophene rings is 1. The van der Waals surface area contributed by atoms with E-state index in [1.165, 1.54) is 10.4 Å². The van der Waals surface area contributed by atoms with E-state index in [1.54, 1.807) is 35.6 Å². The fraction of sp³-hybridized carbons (Fsp3) is 0.214. The molecule has 0 radical (unpaired) electrons. The van der Waals surface area contributed by atoms with Gasteiger partial charge in [0.05, 0.1) is 24.8 Å². The minimum atomic E-state index is -0.617. The first kappa shape index (κ1) is 11.4. The molecule has 1 N–H and O–H groups in total. The maximum atomic E-state index is 10.3. The molecular weight excluding hydrogens is 246 g/mol. The maximum absolute atomic E-state index is 10.3. The minimum absolute atomic E-state index is 0.605. The van der Waals surface area contributed by atoms with E-state index in [9.17, 15) is 5.11 Å². The smallest absolute Gasteiger partial charge is 0.113 e. The van der Waals surface area contributed by atoms with E-state index in [0.29, 0.717) is 18.8 Å². The largest absolute Gasteiger partial charge is 0.383 e. The van der Waals surface area contributed by atoms with Crippen LogP contribution in [0.15, 0.2) is 30.3 Å². The Morgan fingerprint density at radius 2 is 2.06 bits per heavy atom. The van der Waals surface area contributed by atoms with Gasteiger partial charge >= 0.3 is 0 Å². The number of aliphatic hydroxyl groups is 1. The van der Waals surface area contributed by atoms with E-state index in [4.69, 9.17) is 10.00 Å². The number of fused-ring (bicyclic) bond motifs is 1. The van der Waals surface area contributed by atoms with Crippen LogP contribution in [0.5, 0.6) is 0 Å². The first-order chi connectivity index (χ1) is 8.78. The molecule has 2 heterocycles. The van der Waals surface area contributed by atoms with Crippen molar-refractivity contribution in [2.45, 2.75) is 19.3 Å². The standard InChI is InChI=1S/C14H11NO2S/c15-6-9-1-3-10(4-2-9)14(16)12-5-11-7-17-8-13(11)18-12/h1-5,14,16H,7-8H2. The second kappa shape index (κ2) is 4.54. The fourth-order valence-corrected chi connectivity index (χ4v) is 3.15. The summed E-state index contributed by atoms with van der Waals surface area (Å²) in [4.78, 5) is 2.14. The predicted molar refractivity (Wildman–Crippen MR) is 68.0 cm³/mol. The van der Waals surface area contributed by atoms with E-state index in [1.807, 2.05) is 6.07 Å². The normalized spacial score (nSPS) is 15.1. The van der Waals surface area contributed by atoms with E-state index >= 15 is 0 Å². The molecule has 0 bridgehead atoms. The summed E-state index contributed by atoms with van der Waals surface area (Å²) < 4.78 is 5.32. The second-order valence-electron chi connectivity index (χ2n) is 4.23. The van der Waals surface area contributed by atoms with Crippen LogP contribution in [0, 0.1) is 11.3 Å². The van der Waals surface area contributed by atoms with E-state index in [0.717, 1.165) is 10.4 Å². The third-order valence-corrected chi connectivity index (χ3v) is 4.23. The van der Waals surface area contributed by atoms with E-state index in [2.05, 4.69) is 6.07 Å². The van der Waals surface area contributed by atoms with Crippen LogP contribution >= 0.6 is 11.3 Å². The highest BCUT2D eigenvalue weighted by molar-refractivity contribution is 7.12. The molecule has 1 unspecified atom stereocenters. The Balaban J connectivity index is 1.88. The third-order valence-electron chi connectivity index (χ3n) is 3.03. The van der Waals surface area contributed by atoms with Crippen LogP contribution in [-0.2, 0) is 18.0 Å². The molecule has 1 aromatic carbocycles. The molecule has 1 aromatic heterocycles. The zero-order chi connectivity index (χ0) is 12.5. The van der Waals surface area contributed by atoms with Crippen molar-refractivity contribution >= 4 is 11.3 Å². The van der Waals surface area contributed by atoms with Crippen LogP contribution in [-0.4, -0.2) is 5.11 Å².